The van der Waals surface area contributed by atoms with Crippen LogP contribution in [0.1, 0.15) is 59.3 Å². The maximum Gasteiger partial charge on any atom is 0.0594 e. The Hall–Kier alpha value is -0.600. The van der Waals surface area contributed by atoms with Crippen molar-refractivity contribution in [1.29, 1.82) is 0 Å². The van der Waals surface area contributed by atoms with Crippen LogP contribution in [0.15, 0.2) is 23.3 Å². The first-order chi connectivity index (χ1) is 9.72. The predicted octanol–water partition coefficient (Wildman–Crippen LogP) is 4.57. The molecule has 0 unspecified atom stereocenters. The molecule has 0 spiro atoms. The lowest BCUT2D eigenvalue weighted by Gasteiger charge is -2.26. The molecule has 1 aliphatic heterocycles. The van der Waals surface area contributed by atoms with Crippen molar-refractivity contribution < 1.29 is 4.74 Å². The third-order valence-electron chi connectivity index (χ3n) is 3.91. The molecule has 0 amide bonds. The van der Waals surface area contributed by atoms with Crippen molar-refractivity contribution in [3.05, 3.63) is 23.3 Å². The van der Waals surface area contributed by atoms with E-state index in [-0.39, 0.29) is 0 Å². The summed E-state index contributed by atoms with van der Waals surface area (Å²) in [5.74, 6) is 0. The van der Waals surface area contributed by atoms with E-state index in [1.807, 2.05) is 0 Å². The molecule has 1 heterocycles. The maximum absolute atomic E-state index is 5.38. The Bertz CT molecular complexity index is 301. The lowest BCUT2D eigenvalue weighted by molar-refractivity contribution is 0.0422. The highest BCUT2D eigenvalue weighted by atomic mass is 16.5. The van der Waals surface area contributed by atoms with Crippen molar-refractivity contribution in [3.63, 3.8) is 0 Å². The summed E-state index contributed by atoms with van der Waals surface area (Å²) in [5, 5.41) is 0. The molecule has 1 fully saturated rings. The molecule has 20 heavy (non-hydrogen) atoms. The minimum atomic E-state index is 0.896. The highest BCUT2D eigenvalue weighted by molar-refractivity contribution is 5.05. The maximum atomic E-state index is 5.38. The Morgan fingerprint density at radius 3 is 2.40 bits per heavy atom. The van der Waals surface area contributed by atoms with Gasteiger partial charge in [-0.15, -0.1) is 0 Å². The highest BCUT2D eigenvalue weighted by Gasteiger charge is 2.09. The van der Waals surface area contributed by atoms with Crippen molar-refractivity contribution in [2.45, 2.75) is 59.3 Å². The third kappa shape index (κ3) is 8.55. The van der Waals surface area contributed by atoms with Gasteiger partial charge >= 0.3 is 0 Å². The number of morpholine rings is 1. The number of rotatable bonds is 9. The van der Waals surface area contributed by atoms with Crippen LogP contribution in [0.4, 0.5) is 0 Å². The fourth-order valence-electron chi connectivity index (χ4n) is 2.57. The molecular formula is C18H33NO. The molecular weight excluding hydrogens is 246 g/mol. The number of nitrogens with zero attached hydrogens (tertiary/aromatic N) is 1. The van der Waals surface area contributed by atoms with Crippen LogP contribution in [0.3, 0.4) is 0 Å². The van der Waals surface area contributed by atoms with Crippen molar-refractivity contribution in [2.24, 2.45) is 0 Å². The molecule has 0 saturated carbocycles. The van der Waals surface area contributed by atoms with E-state index >= 15 is 0 Å². The second-order valence-electron chi connectivity index (χ2n) is 6.02. The first-order valence-electron chi connectivity index (χ1n) is 8.33. The Labute approximate surface area is 125 Å². The monoisotopic (exact) mass is 279 g/mol. The zero-order valence-electron chi connectivity index (χ0n) is 13.8. The number of hydrogen-bond donors (Lipinski definition) is 0. The molecule has 0 bridgehead atoms. The highest BCUT2D eigenvalue weighted by Crippen LogP contribution is 2.11. The SMILES string of the molecule is CCCCC/C=C(/C)CC/C=C(\C)CN1CCOCC1. The summed E-state index contributed by atoms with van der Waals surface area (Å²) in [5.41, 5.74) is 3.06. The average Bonchev–Trinajstić information content (AvgIpc) is 2.45. The number of unbranched alkanes of at least 4 members (excludes halogenated alkanes) is 3. The molecule has 1 rings (SSSR count). The van der Waals surface area contributed by atoms with Gasteiger partial charge < -0.3 is 4.74 Å². The van der Waals surface area contributed by atoms with Gasteiger partial charge in [-0.05, 0) is 39.5 Å². The van der Waals surface area contributed by atoms with Crippen LogP contribution in [0.25, 0.3) is 0 Å². The molecule has 0 aromatic heterocycles. The minimum absolute atomic E-state index is 0.896. The van der Waals surface area contributed by atoms with Gasteiger partial charge in [0.1, 0.15) is 0 Å². The summed E-state index contributed by atoms with van der Waals surface area (Å²) < 4.78 is 5.38. The van der Waals surface area contributed by atoms with Gasteiger partial charge in [-0.1, -0.05) is 43.1 Å². The molecule has 2 heteroatoms. The van der Waals surface area contributed by atoms with E-state index in [0.29, 0.717) is 0 Å². The molecule has 0 atom stereocenters. The predicted molar refractivity (Wildman–Crippen MR) is 88.1 cm³/mol. The van der Waals surface area contributed by atoms with E-state index in [9.17, 15) is 0 Å². The Morgan fingerprint density at radius 2 is 1.70 bits per heavy atom. The Morgan fingerprint density at radius 1 is 1.00 bits per heavy atom. The van der Waals surface area contributed by atoms with Crippen LogP contribution in [0.5, 0.6) is 0 Å². The van der Waals surface area contributed by atoms with Crippen molar-refractivity contribution in [2.75, 3.05) is 32.8 Å². The fraction of sp³-hybridized carbons (Fsp3) is 0.778. The van der Waals surface area contributed by atoms with Gasteiger partial charge in [0, 0.05) is 19.6 Å². The zero-order chi connectivity index (χ0) is 14.6. The first-order valence-corrected chi connectivity index (χ1v) is 8.33. The lowest BCUT2D eigenvalue weighted by Crippen LogP contribution is -2.37. The van der Waals surface area contributed by atoms with Gasteiger partial charge in [-0.25, -0.2) is 0 Å². The van der Waals surface area contributed by atoms with Crippen LogP contribution >= 0.6 is 0 Å². The Balaban J connectivity index is 2.14. The molecule has 1 aliphatic rings. The van der Waals surface area contributed by atoms with Gasteiger partial charge in [-0.3, -0.25) is 4.90 Å². The van der Waals surface area contributed by atoms with Crippen molar-refractivity contribution in [1.82, 2.24) is 4.90 Å². The average molecular weight is 279 g/mol. The molecule has 116 valence electrons. The third-order valence-corrected chi connectivity index (χ3v) is 3.91. The molecule has 0 N–H and O–H groups in total. The van der Waals surface area contributed by atoms with Crippen LogP contribution < -0.4 is 0 Å². The molecule has 0 radical (unpaired) electrons. The molecule has 0 aromatic rings. The summed E-state index contributed by atoms with van der Waals surface area (Å²) >= 11 is 0. The van der Waals surface area contributed by atoms with E-state index in [1.54, 1.807) is 5.57 Å². The van der Waals surface area contributed by atoms with Crippen molar-refractivity contribution >= 4 is 0 Å². The standard InChI is InChI=1S/C18H33NO/c1-4-5-6-7-9-17(2)10-8-11-18(3)16-19-12-14-20-15-13-19/h9,11H,4-8,10,12-16H2,1-3H3/b17-9-,18-11+. The van der Waals surface area contributed by atoms with Crippen LogP contribution in [-0.4, -0.2) is 37.7 Å². The second kappa shape index (κ2) is 11.1. The quantitative estimate of drug-likeness (QED) is 0.453. The van der Waals surface area contributed by atoms with Gasteiger partial charge in [0.2, 0.25) is 0 Å². The zero-order valence-corrected chi connectivity index (χ0v) is 13.8. The minimum Gasteiger partial charge on any atom is -0.379 e. The van der Waals surface area contributed by atoms with Crippen molar-refractivity contribution in [3.8, 4) is 0 Å². The van der Waals surface area contributed by atoms with Gasteiger partial charge in [0.15, 0.2) is 0 Å². The van der Waals surface area contributed by atoms with E-state index in [4.69, 9.17) is 4.74 Å². The number of ether oxygens (including phenoxy) is 1. The summed E-state index contributed by atoms with van der Waals surface area (Å²) in [6, 6.07) is 0. The Kier molecular flexibility index (Phi) is 9.69. The smallest absolute Gasteiger partial charge is 0.0594 e. The normalized spacial score (nSPS) is 18.6. The number of allylic oxidation sites excluding steroid dienone is 3. The van der Waals surface area contributed by atoms with Crippen LogP contribution in [0.2, 0.25) is 0 Å². The van der Waals surface area contributed by atoms with E-state index in [2.05, 4.69) is 37.8 Å². The summed E-state index contributed by atoms with van der Waals surface area (Å²) in [6.45, 7) is 11.9. The van der Waals surface area contributed by atoms with E-state index in [0.717, 1.165) is 32.8 Å². The second-order valence-corrected chi connectivity index (χ2v) is 6.02. The lowest BCUT2D eigenvalue weighted by atomic mass is 10.1. The van der Waals surface area contributed by atoms with Crippen LogP contribution in [-0.2, 0) is 4.74 Å². The van der Waals surface area contributed by atoms with Gasteiger partial charge in [-0.2, -0.15) is 0 Å². The van der Waals surface area contributed by atoms with E-state index in [1.165, 1.54) is 44.1 Å². The van der Waals surface area contributed by atoms with Gasteiger partial charge in [0.25, 0.3) is 0 Å². The summed E-state index contributed by atoms with van der Waals surface area (Å²) in [4.78, 5) is 2.49. The summed E-state index contributed by atoms with van der Waals surface area (Å²) in [7, 11) is 0. The molecule has 2 nitrogen and oxygen atoms in total. The largest absolute Gasteiger partial charge is 0.379 e. The van der Waals surface area contributed by atoms with E-state index < -0.39 is 0 Å². The number of hydrogen-bond acceptors (Lipinski definition) is 2. The molecule has 1 saturated heterocycles. The summed E-state index contributed by atoms with van der Waals surface area (Å²) in [6.07, 6.45) is 12.5. The fourth-order valence-corrected chi connectivity index (χ4v) is 2.57. The molecule has 0 aromatic carbocycles. The topological polar surface area (TPSA) is 12.5 Å². The van der Waals surface area contributed by atoms with Gasteiger partial charge in [0.05, 0.1) is 13.2 Å². The van der Waals surface area contributed by atoms with Crippen LogP contribution in [0, 0.1) is 0 Å². The molecule has 0 aliphatic carbocycles. The first kappa shape index (κ1) is 17.5.